The van der Waals surface area contributed by atoms with Crippen LogP contribution in [-0.4, -0.2) is 62.4 Å². The number of likely N-dealkylation sites (tertiary alicyclic amines) is 1. The predicted octanol–water partition coefficient (Wildman–Crippen LogP) is 7.52. The number of amides is 2. The molecule has 2 aromatic heterocycles. The number of carbonyl (C=O) groups is 1. The van der Waals surface area contributed by atoms with Crippen LogP contribution in [0.1, 0.15) is 35.4 Å². The highest BCUT2D eigenvalue weighted by molar-refractivity contribution is 7.15. The van der Waals surface area contributed by atoms with E-state index in [-0.39, 0.29) is 12.5 Å². The molecule has 4 aromatic rings. The summed E-state index contributed by atoms with van der Waals surface area (Å²) in [6.07, 6.45) is 3.85. The van der Waals surface area contributed by atoms with Crippen LogP contribution in [-0.2, 0) is 13.2 Å². The van der Waals surface area contributed by atoms with Crippen LogP contribution in [0.2, 0.25) is 4.34 Å². The second-order valence-corrected chi connectivity index (χ2v) is 12.4. The van der Waals surface area contributed by atoms with Gasteiger partial charge in [0.15, 0.2) is 5.82 Å². The lowest BCUT2D eigenvalue weighted by Gasteiger charge is -2.36. The van der Waals surface area contributed by atoms with Gasteiger partial charge in [-0.1, -0.05) is 17.7 Å². The number of urea groups is 1. The lowest BCUT2D eigenvalue weighted by atomic mass is 9.89. The minimum atomic E-state index is -0.765. The Morgan fingerprint density at radius 1 is 1.07 bits per heavy atom. The number of thiophene rings is 1. The van der Waals surface area contributed by atoms with Gasteiger partial charge < -0.3 is 24.4 Å². The first kappa shape index (κ1) is 30.9. The molecule has 2 aliphatic rings. The molecule has 0 spiro atoms. The maximum absolute atomic E-state index is 14.3. The number of ether oxygens (including phenoxy) is 3. The number of alkyl halides is 1. The van der Waals surface area contributed by atoms with Crippen molar-refractivity contribution in [2.24, 2.45) is 0 Å². The molecule has 13 heteroatoms. The molecule has 0 radical (unpaired) electrons. The van der Waals surface area contributed by atoms with E-state index >= 15 is 0 Å². The molecular formula is C32H34ClFN6O4S. The van der Waals surface area contributed by atoms with Gasteiger partial charge in [0.05, 0.1) is 44.9 Å². The van der Waals surface area contributed by atoms with Crippen molar-refractivity contribution in [2.45, 2.75) is 32.0 Å². The summed E-state index contributed by atoms with van der Waals surface area (Å²) in [6.45, 7) is 1.46. The summed E-state index contributed by atoms with van der Waals surface area (Å²) in [5.74, 6) is 2.72. The van der Waals surface area contributed by atoms with Crippen LogP contribution in [0, 0.1) is 0 Å². The summed E-state index contributed by atoms with van der Waals surface area (Å²) in [6, 6.07) is 10.8. The van der Waals surface area contributed by atoms with Crippen LogP contribution in [0.3, 0.4) is 0 Å². The Bertz CT molecular complexity index is 1710. The van der Waals surface area contributed by atoms with Gasteiger partial charge in [0.1, 0.15) is 28.3 Å². The number of nitrogens with zero attached hydrogens (tertiary/aromatic N) is 5. The Morgan fingerprint density at radius 2 is 1.84 bits per heavy atom. The number of benzene rings is 2. The fraction of sp³-hybridized carbons (Fsp3) is 0.344. The van der Waals surface area contributed by atoms with Gasteiger partial charge in [0.2, 0.25) is 5.95 Å². The van der Waals surface area contributed by atoms with Crippen molar-refractivity contribution in [1.29, 1.82) is 0 Å². The van der Waals surface area contributed by atoms with E-state index in [4.69, 9.17) is 30.8 Å². The van der Waals surface area contributed by atoms with Crippen LogP contribution in [0.5, 0.6) is 17.2 Å². The lowest BCUT2D eigenvalue weighted by Crippen LogP contribution is -2.46. The first-order valence-electron chi connectivity index (χ1n) is 14.5. The Labute approximate surface area is 270 Å². The Morgan fingerprint density at radius 3 is 2.56 bits per heavy atom. The first-order valence-corrected chi connectivity index (χ1v) is 15.8. The van der Waals surface area contributed by atoms with Crippen LogP contribution in [0.25, 0.3) is 0 Å². The van der Waals surface area contributed by atoms with E-state index < -0.39 is 12.7 Å². The van der Waals surface area contributed by atoms with Crippen LogP contribution in [0.4, 0.5) is 38.0 Å². The van der Waals surface area contributed by atoms with E-state index in [1.165, 1.54) is 33.8 Å². The van der Waals surface area contributed by atoms with Crippen LogP contribution < -0.4 is 29.3 Å². The minimum Gasteiger partial charge on any atom is -0.497 e. The fourth-order valence-electron chi connectivity index (χ4n) is 5.84. The van der Waals surface area contributed by atoms with Gasteiger partial charge >= 0.3 is 6.03 Å². The van der Waals surface area contributed by atoms with Crippen molar-refractivity contribution in [3.05, 3.63) is 69.0 Å². The molecule has 2 aliphatic heterocycles. The number of halogens is 2. The number of hydrogen-bond acceptors (Lipinski definition) is 9. The van der Waals surface area contributed by atoms with Gasteiger partial charge in [-0.25, -0.2) is 19.1 Å². The number of nitrogens with one attached hydrogen (secondary N) is 1. The standard InChI is InChI=1S/C32H34ClFN6O4S/c1-38-11-9-19(10-12-38)20-5-7-24(26(13-20)43-3)36-31-35-16-22-17-39(28-21(15-34)18-45-29(28)33)32(41)40(30(22)37-31)25-8-6-23(42-2)14-27(25)44-4/h5-8,13-14,16,18-19H,9-12,15,17H2,1-4H3,(H,35,36,37). The molecule has 6 rings (SSSR count). The van der Waals surface area contributed by atoms with E-state index in [9.17, 15) is 9.18 Å². The Hall–Kier alpha value is -4.13. The molecule has 2 aromatic carbocycles. The van der Waals surface area contributed by atoms with E-state index in [1.807, 2.05) is 6.07 Å². The molecule has 45 heavy (non-hydrogen) atoms. The summed E-state index contributed by atoms with van der Waals surface area (Å²) in [7, 11) is 6.85. The predicted molar refractivity (Wildman–Crippen MR) is 175 cm³/mol. The highest BCUT2D eigenvalue weighted by Crippen LogP contribution is 2.45. The third kappa shape index (κ3) is 5.97. The molecule has 0 atom stereocenters. The number of fused-ring (bicyclic) bond motifs is 1. The summed E-state index contributed by atoms with van der Waals surface area (Å²) >= 11 is 7.67. The van der Waals surface area contributed by atoms with Crippen LogP contribution >= 0.6 is 22.9 Å². The normalized spacial score (nSPS) is 15.6. The zero-order chi connectivity index (χ0) is 31.7. The summed E-state index contributed by atoms with van der Waals surface area (Å²) in [5, 5.41) is 4.90. The van der Waals surface area contributed by atoms with Crippen molar-refractivity contribution in [3.63, 3.8) is 0 Å². The van der Waals surface area contributed by atoms with Gasteiger partial charge in [-0.05, 0) is 68.7 Å². The maximum atomic E-state index is 14.3. The number of piperidine rings is 1. The van der Waals surface area contributed by atoms with E-state index in [1.54, 1.807) is 44.0 Å². The molecule has 0 bridgehead atoms. The largest absolute Gasteiger partial charge is 0.497 e. The summed E-state index contributed by atoms with van der Waals surface area (Å²) in [4.78, 5) is 28.9. The quantitative estimate of drug-likeness (QED) is 0.199. The third-order valence-corrected chi connectivity index (χ3v) is 9.55. The molecule has 4 heterocycles. The van der Waals surface area contributed by atoms with Crippen LogP contribution in [0.15, 0.2) is 48.0 Å². The minimum absolute atomic E-state index is 0.0987. The smallest absolute Gasteiger partial charge is 0.335 e. The van der Waals surface area contributed by atoms with Crippen molar-refractivity contribution in [1.82, 2.24) is 14.9 Å². The fourth-order valence-corrected chi connectivity index (χ4v) is 6.97. The highest BCUT2D eigenvalue weighted by Gasteiger charge is 2.38. The molecule has 10 nitrogen and oxygen atoms in total. The number of methoxy groups -OCH3 is 3. The average molecular weight is 653 g/mol. The molecule has 0 aliphatic carbocycles. The number of anilines is 5. The lowest BCUT2D eigenvalue weighted by molar-refractivity contribution is 0.252. The molecule has 236 valence electrons. The molecule has 1 N–H and O–H groups in total. The topological polar surface area (TPSA) is 92.3 Å². The van der Waals surface area contributed by atoms with Gasteiger partial charge in [0, 0.05) is 28.8 Å². The zero-order valence-corrected chi connectivity index (χ0v) is 27.0. The number of aromatic nitrogens is 2. The maximum Gasteiger partial charge on any atom is 0.335 e. The SMILES string of the molecule is COc1ccc(N2C(=O)N(c3c(CF)csc3Cl)Cc3cnc(Nc4ccc(C5CCN(C)CC5)cc4OC)nc32)c(OC)c1. The van der Waals surface area contributed by atoms with Gasteiger partial charge in [0.25, 0.3) is 0 Å². The first-order chi connectivity index (χ1) is 21.8. The van der Waals surface area contributed by atoms with Gasteiger partial charge in [-0.15, -0.1) is 11.3 Å². The molecule has 0 saturated carbocycles. The summed E-state index contributed by atoms with van der Waals surface area (Å²) in [5.41, 5.74) is 3.65. The van der Waals surface area contributed by atoms with E-state index in [2.05, 4.69) is 34.4 Å². The zero-order valence-electron chi connectivity index (χ0n) is 25.5. The van der Waals surface area contributed by atoms with Crippen molar-refractivity contribution < 1.29 is 23.4 Å². The van der Waals surface area contributed by atoms with E-state index in [0.29, 0.717) is 61.5 Å². The number of carbonyl (C=O) groups excluding carboxylic acids is 1. The number of hydrogen-bond donors (Lipinski definition) is 1. The van der Waals surface area contributed by atoms with Gasteiger partial charge in [-0.2, -0.15) is 4.98 Å². The number of rotatable bonds is 9. The molecule has 1 fully saturated rings. The van der Waals surface area contributed by atoms with Crippen molar-refractivity contribution >= 4 is 57.8 Å². The molecule has 1 saturated heterocycles. The third-order valence-electron chi connectivity index (χ3n) is 8.30. The Kier molecular flexibility index (Phi) is 8.97. The summed E-state index contributed by atoms with van der Waals surface area (Å²) < 4.78 is 31.1. The molecule has 2 amide bonds. The monoisotopic (exact) mass is 652 g/mol. The Balaban J connectivity index is 1.39. The van der Waals surface area contributed by atoms with Gasteiger partial charge in [-0.3, -0.25) is 4.90 Å². The average Bonchev–Trinajstić information content (AvgIpc) is 3.44. The molecular weight excluding hydrogens is 619 g/mol. The second-order valence-electron chi connectivity index (χ2n) is 11.0. The highest BCUT2D eigenvalue weighted by atomic mass is 35.5. The van der Waals surface area contributed by atoms with Crippen molar-refractivity contribution in [3.8, 4) is 17.2 Å². The second kappa shape index (κ2) is 13.1. The van der Waals surface area contributed by atoms with E-state index in [0.717, 1.165) is 25.9 Å². The van der Waals surface area contributed by atoms with Crippen molar-refractivity contribution in [2.75, 3.05) is 56.6 Å². The molecule has 0 unspecified atom stereocenters.